The number of rotatable bonds is 3. The predicted molar refractivity (Wildman–Crippen MR) is 30.3 cm³/mol. The van der Waals surface area contributed by atoms with E-state index in [2.05, 4.69) is 0 Å². The van der Waals surface area contributed by atoms with Crippen molar-refractivity contribution < 1.29 is 9.90 Å². The van der Waals surface area contributed by atoms with Crippen LogP contribution in [0, 0.1) is 5.92 Å². The van der Waals surface area contributed by atoms with E-state index >= 15 is 0 Å². The second-order valence-electron chi connectivity index (χ2n) is 1.87. The van der Waals surface area contributed by atoms with Gasteiger partial charge in [0, 0.05) is 12.5 Å². The molecule has 0 saturated heterocycles. The largest absolute Gasteiger partial charge is 0.396 e. The molecular formula is C5H11NO2. The summed E-state index contributed by atoms with van der Waals surface area (Å²) in [4.78, 5) is 9.87. The molecule has 2 atom stereocenters. The molecule has 0 bridgehead atoms. The van der Waals surface area contributed by atoms with Crippen molar-refractivity contribution in [3.63, 3.8) is 0 Å². The van der Waals surface area contributed by atoms with Gasteiger partial charge in [0.05, 0.1) is 6.04 Å². The summed E-state index contributed by atoms with van der Waals surface area (Å²) in [6.07, 6.45) is 0.640. The third kappa shape index (κ3) is 2.04. The van der Waals surface area contributed by atoms with Gasteiger partial charge in [-0.05, 0) is 0 Å². The van der Waals surface area contributed by atoms with Crippen LogP contribution in [0.15, 0.2) is 0 Å². The number of aldehydes is 1. The van der Waals surface area contributed by atoms with Crippen molar-refractivity contribution in [3.8, 4) is 0 Å². The summed E-state index contributed by atoms with van der Waals surface area (Å²) in [5, 5.41) is 8.40. The SMILES string of the molecule is CC(CO)C(N)C=O. The smallest absolute Gasteiger partial charge is 0.137 e. The highest BCUT2D eigenvalue weighted by atomic mass is 16.3. The molecule has 48 valence electrons. The van der Waals surface area contributed by atoms with E-state index in [0.29, 0.717) is 6.29 Å². The molecule has 0 aromatic rings. The lowest BCUT2D eigenvalue weighted by atomic mass is 10.1. The molecule has 0 aliphatic heterocycles. The fourth-order valence-electron chi connectivity index (χ4n) is 0.256. The lowest BCUT2D eigenvalue weighted by Gasteiger charge is -2.08. The van der Waals surface area contributed by atoms with Gasteiger partial charge in [0.15, 0.2) is 0 Å². The lowest BCUT2D eigenvalue weighted by molar-refractivity contribution is -0.110. The van der Waals surface area contributed by atoms with Gasteiger partial charge in [0.1, 0.15) is 6.29 Å². The van der Waals surface area contributed by atoms with E-state index < -0.39 is 6.04 Å². The summed E-state index contributed by atoms with van der Waals surface area (Å²) >= 11 is 0. The average molecular weight is 117 g/mol. The molecule has 0 aromatic heterocycles. The van der Waals surface area contributed by atoms with Crippen molar-refractivity contribution in [3.05, 3.63) is 0 Å². The van der Waals surface area contributed by atoms with E-state index in [1.165, 1.54) is 0 Å². The zero-order valence-electron chi connectivity index (χ0n) is 4.87. The van der Waals surface area contributed by atoms with Crippen LogP contribution in [0.4, 0.5) is 0 Å². The molecule has 0 aromatic carbocycles. The Morgan fingerprint density at radius 3 is 2.50 bits per heavy atom. The molecule has 0 aliphatic carbocycles. The van der Waals surface area contributed by atoms with Crippen molar-refractivity contribution in [1.29, 1.82) is 0 Å². The van der Waals surface area contributed by atoms with Gasteiger partial charge in [-0.3, -0.25) is 0 Å². The number of carbonyl (C=O) groups excluding carboxylic acids is 1. The summed E-state index contributed by atoms with van der Waals surface area (Å²) < 4.78 is 0. The van der Waals surface area contributed by atoms with Crippen LogP contribution in [0.2, 0.25) is 0 Å². The molecule has 8 heavy (non-hydrogen) atoms. The van der Waals surface area contributed by atoms with Gasteiger partial charge in [0.2, 0.25) is 0 Å². The Balaban J connectivity index is 3.44. The Morgan fingerprint density at radius 2 is 2.38 bits per heavy atom. The zero-order chi connectivity index (χ0) is 6.57. The summed E-state index contributed by atoms with van der Waals surface area (Å²) in [6.45, 7) is 1.69. The first-order valence-corrected chi connectivity index (χ1v) is 2.54. The van der Waals surface area contributed by atoms with Gasteiger partial charge in [-0.25, -0.2) is 0 Å². The summed E-state index contributed by atoms with van der Waals surface area (Å²) in [5.41, 5.74) is 5.20. The maximum Gasteiger partial charge on any atom is 0.137 e. The van der Waals surface area contributed by atoms with Crippen molar-refractivity contribution in [2.45, 2.75) is 13.0 Å². The van der Waals surface area contributed by atoms with Crippen LogP contribution < -0.4 is 5.73 Å². The molecule has 3 N–H and O–H groups in total. The maximum absolute atomic E-state index is 9.87. The number of aliphatic hydroxyl groups is 1. The van der Waals surface area contributed by atoms with E-state index in [0.717, 1.165) is 0 Å². The summed E-state index contributed by atoms with van der Waals surface area (Å²) in [7, 11) is 0. The number of hydrogen-bond acceptors (Lipinski definition) is 3. The molecule has 3 nitrogen and oxygen atoms in total. The quantitative estimate of drug-likeness (QED) is 0.473. The fraction of sp³-hybridized carbons (Fsp3) is 0.800. The van der Waals surface area contributed by atoms with E-state index in [1.807, 2.05) is 0 Å². The highest BCUT2D eigenvalue weighted by molar-refractivity contribution is 5.57. The minimum absolute atomic E-state index is 0.0279. The first-order chi connectivity index (χ1) is 3.72. The van der Waals surface area contributed by atoms with Crippen molar-refractivity contribution in [1.82, 2.24) is 0 Å². The molecule has 0 rings (SSSR count). The van der Waals surface area contributed by atoms with Crippen LogP contribution >= 0.6 is 0 Å². The van der Waals surface area contributed by atoms with Crippen molar-refractivity contribution in [2.75, 3.05) is 6.61 Å². The summed E-state index contributed by atoms with van der Waals surface area (Å²) in [5.74, 6) is -0.118. The highest BCUT2D eigenvalue weighted by Gasteiger charge is 2.08. The monoisotopic (exact) mass is 117 g/mol. The van der Waals surface area contributed by atoms with Crippen LogP contribution in [0.25, 0.3) is 0 Å². The normalized spacial score (nSPS) is 17.4. The molecule has 3 heteroatoms. The minimum atomic E-state index is -0.514. The number of carbonyl (C=O) groups is 1. The van der Waals surface area contributed by atoms with Crippen molar-refractivity contribution >= 4 is 6.29 Å². The van der Waals surface area contributed by atoms with Crippen LogP contribution in [0.1, 0.15) is 6.92 Å². The van der Waals surface area contributed by atoms with E-state index in [4.69, 9.17) is 10.8 Å². The third-order valence-corrected chi connectivity index (χ3v) is 1.10. The van der Waals surface area contributed by atoms with Gasteiger partial charge >= 0.3 is 0 Å². The number of aliphatic hydroxyl groups excluding tert-OH is 1. The summed E-state index contributed by atoms with van der Waals surface area (Å²) in [6, 6.07) is -0.514. The van der Waals surface area contributed by atoms with E-state index in [-0.39, 0.29) is 12.5 Å². The molecule has 0 fully saturated rings. The molecule has 2 unspecified atom stereocenters. The molecule has 0 heterocycles. The predicted octanol–water partition coefficient (Wildman–Crippen LogP) is -0.859. The Morgan fingerprint density at radius 1 is 1.88 bits per heavy atom. The Bertz CT molecular complexity index is 74.8. The first-order valence-electron chi connectivity index (χ1n) is 2.54. The average Bonchev–Trinajstić information content (AvgIpc) is 1.84. The van der Waals surface area contributed by atoms with Gasteiger partial charge in [-0.15, -0.1) is 0 Å². The molecule has 0 spiro atoms. The van der Waals surface area contributed by atoms with E-state index in [1.54, 1.807) is 6.92 Å². The zero-order valence-corrected chi connectivity index (χ0v) is 4.87. The van der Waals surface area contributed by atoms with Gasteiger partial charge in [0.25, 0.3) is 0 Å². The maximum atomic E-state index is 9.87. The second-order valence-corrected chi connectivity index (χ2v) is 1.87. The van der Waals surface area contributed by atoms with Crippen molar-refractivity contribution in [2.24, 2.45) is 11.7 Å². The topological polar surface area (TPSA) is 63.3 Å². The molecule has 0 saturated carbocycles. The molecular weight excluding hydrogens is 106 g/mol. The first kappa shape index (κ1) is 7.59. The molecule has 0 radical (unpaired) electrons. The minimum Gasteiger partial charge on any atom is -0.396 e. The Hall–Kier alpha value is -0.410. The number of hydrogen-bond donors (Lipinski definition) is 2. The van der Waals surface area contributed by atoms with Crippen LogP contribution in [-0.2, 0) is 4.79 Å². The Kier molecular flexibility index (Phi) is 3.39. The fourth-order valence-corrected chi connectivity index (χ4v) is 0.256. The van der Waals surface area contributed by atoms with Crippen LogP contribution in [0.3, 0.4) is 0 Å². The van der Waals surface area contributed by atoms with Gasteiger partial charge < -0.3 is 15.6 Å². The standard InChI is InChI=1S/C5H11NO2/c1-4(2-7)5(6)3-8/h3-5,7H,2,6H2,1H3. The van der Waals surface area contributed by atoms with Gasteiger partial charge in [-0.2, -0.15) is 0 Å². The van der Waals surface area contributed by atoms with Crippen LogP contribution in [-0.4, -0.2) is 24.0 Å². The van der Waals surface area contributed by atoms with Crippen LogP contribution in [0.5, 0.6) is 0 Å². The Labute approximate surface area is 48.5 Å². The number of nitrogens with two attached hydrogens (primary N) is 1. The van der Waals surface area contributed by atoms with E-state index in [9.17, 15) is 4.79 Å². The third-order valence-electron chi connectivity index (χ3n) is 1.10. The molecule has 0 aliphatic rings. The highest BCUT2D eigenvalue weighted by Crippen LogP contribution is 1.93. The van der Waals surface area contributed by atoms with Gasteiger partial charge in [-0.1, -0.05) is 6.92 Å². The second kappa shape index (κ2) is 3.57. The lowest BCUT2D eigenvalue weighted by Crippen LogP contribution is -2.31. The molecule has 0 amide bonds.